The molecule has 2 nitrogen and oxygen atoms in total. The van der Waals surface area contributed by atoms with Crippen LogP contribution in [-0.2, 0) is 9.59 Å². The SMILES string of the molecule is CCC(=O)[C@](C)(F)C(=O)Sc1ccccc1. The lowest BCUT2D eigenvalue weighted by Gasteiger charge is -2.15. The van der Waals surface area contributed by atoms with Gasteiger partial charge in [-0.25, -0.2) is 4.39 Å². The first-order valence-corrected chi connectivity index (χ1v) is 5.79. The smallest absolute Gasteiger partial charge is 0.238 e. The van der Waals surface area contributed by atoms with Gasteiger partial charge in [0.05, 0.1) is 0 Å². The quantitative estimate of drug-likeness (QED) is 0.599. The lowest BCUT2D eigenvalue weighted by Crippen LogP contribution is -2.36. The predicted molar refractivity (Wildman–Crippen MR) is 62.1 cm³/mol. The van der Waals surface area contributed by atoms with Gasteiger partial charge in [0, 0.05) is 11.3 Å². The number of thioether (sulfide) groups is 1. The Morgan fingerprint density at radius 3 is 2.38 bits per heavy atom. The van der Waals surface area contributed by atoms with Gasteiger partial charge in [-0.15, -0.1) is 0 Å². The van der Waals surface area contributed by atoms with Crippen molar-refractivity contribution in [2.45, 2.75) is 30.8 Å². The molecule has 0 aliphatic carbocycles. The Morgan fingerprint density at radius 1 is 1.31 bits per heavy atom. The van der Waals surface area contributed by atoms with Crippen LogP contribution in [0.15, 0.2) is 35.2 Å². The Bertz CT molecular complexity index is 387. The van der Waals surface area contributed by atoms with Crippen molar-refractivity contribution in [2.24, 2.45) is 0 Å². The van der Waals surface area contributed by atoms with Gasteiger partial charge in [0.2, 0.25) is 10.8 Å². The topological polar surface area (TPSA) is 34.1 Å². The number of hydrogen-bond donors (Lipinski definition) is 0. The molecule has 4 heteroatoms. The van der Waals surface area contributed by atoms with E-state index in [1.54, 1.807) is 37.3 Å². The zero-order valence-electron chi connectivity index (χ0n) is 9.20. The minimum atomic E-state index is -2.39. The van der Waals surface area contributed by atoms with Crippen molar-refractivity contribution in [3.63, 3.8) is 0 Å². The van der Waals surface area contributed by atoms with Gasteiger partial charge in [0.15, 0.2) is 5.78 Å². The second-order valence-electron chi connectivity index (χ2n) is 3.48. The Morgan fingerprint density at radius 2 is 1.88 bits per heavy atom. The fourth-order valence-corrected chi connectivity index (χ4v) is 1.95. The van der Waals surface area contributed by atoms with Gasteiger partial charge in [-0.3, -0.25) is 9.59 Å². The number of Topliss-reactive ketones (excluding diaryl/α,β-unsaturated/α-hetero) is 1. The molecular weight excluding hydrogens is 227 g/mol. The average Bonchev–Trinajstić information content (AvgIpc) is 2.29. The summed E-state index contributed by atoms with van der Waals surface area (Å²) in [5.41, 5.74) is -2.39. The van der Waals surface area contributed by atoms with Crippen LogP contribution in [0.5, 0.6) is 0 Å². The number of hydrogen-bond acceptors (Lipinski definition) is 3. The molecule has 0 fully saturated rings. The van der Waals surface area contributed by atoms with Crippen LogP contribution in [0.1, 0.15) is 20.3 Å². The number of alkyl halides is 1. The third kappa shape index (κ3) is 2.92. The summed E-state index contributed by atoms with van der Waals surface area (Å²) in [4.78, 5) is 23.5. The Labute approximate surface area is 98.2 Å². The molecule has 1 aromatic carbocycles. The van der Waals surface area contributed by atoms with Crippen LogP contribution in [-0.4, -0.2) is 16.6 Å². The molecule has 0 N–H and O–H groups in total. The monoisotopic (exact) mass is 240 g/mol. The van der Waals surface area contributed by atoms with E-state index >= 15 is 0 Å². The maximum atomic E-state index is 13.8. The average molecular weight is 240 g/mol. The van der Waals surface area contributed by atoms with Crippen LogP contribution in [0.3, 0.4) is 0 Å². The molecule has 1 aromatic rings. The van der Waals surface area contributed by atoms with Crippen molar-refractivity contribution < 1.29 is 14.0 Å². The van der Waals surface area contributed by atoms with E-state index in [-0.39, 0.29) is 6.42 Å². The van der Waals surface area contributed by atoms with Gasteiger partial charge in [-0.05, 0) is 30.8 Å². The molecule has 86 valence electrons. The van der Waals surface area contributed by atoms with Crippen LogP contribution < -0.4 is 0 Å². The van der Waals surface area contributed by atoms with Crippen molar-refractivity contribution in [1.82, 2.24) is 0 Å². The molecule has 0 heterocycles. The highest BCUT2D eigenvalue weighted by Gasteiger charge is 2.40. The standard InChI is InChI=1S/C12H13FO2S/c1-3-10(14)12(2,13)11(15)16-9-7-5-4-6-8-9/h4-8H,3H2,1-2H3/t12-/m0/s1. The molecule has 0 unspecified atom stereocenters. The first-order chi connectivity index (χ1) is 7.48. The van der Waals surface area contributed by atoms with Crippen LogP contribution in [0.4, 0.5) is 4.39 Å². The number of carbonyl (C=O) groups excluding carboxylic acids is 2. The number of rotatable bonds is 4. The summed E-state index contributed by atoms with van der Waals surface area (Å²) in [6, 6.07) is 8.73. The molecule has 16 heavy (non-hydrogen) atoms. The highest BCUT2D eigenvalue weighted by Crippen LogP contribution is 2.27. The number of halogens is 1. The third-order valence-corrected chi connectivity index (χ3v) is 3.26. The molecule has 0 radical (unpaired) electrons. The normalized spacial score (nSPS) is 14.2. The van der Waals surface area contributed by atoms with E-state index in [0.29, 0.717) is 4.90 Å². The maximum absolute atomic E-state index is 13.8. The summed E-state index contributed by atoms with van der Waals surface area (Å²) in [6.07, 6.45) is 0.0219. The number of carbonyl (C=O) groups is 2. The van der Waals surface area contributed by atoms with E-state index in [2.05, 4.69) is 0 Å². The van der Waals surface area contributed by atoms with Crippen LogP contribution in [0.2, 0.25) is 0 Å². The van der Waals surface area contributed by atoms with E-state index in [0.717, 1.165) is 18.7 Å². The fraction of sp³-hybridized carbons (Fsp3) is 0.333. The zero-order chi connectivity index (χ0) is 12.2. The largest absolute Gasteiger partial charge is 0.296 e. The Balaban J connectivity index is 2.76. The van der Waals surface area contributed by atoms with Gasteiger partial charge < -0.3 is 0 Å². The van der Waals surface area contributed by atoms with Crippen LogP contribution in [0, 0.1) is 0 Å². The molecule has 1 atom stereocenters. The molecule has 0 aliphatic heterocycles. The summed E-state index contributed by atoms with van der Waals surface area (Å²) in [7, 11) is 0. The van der Waals surface area contributed by atoms with E-state index in [4.69, 9.17) is 0 Å². The fourth-order valence-electron chi connectivity index (χ4n) is 1.14. The Hall–Kier alpha value is -1.16. The molecular formula is C12H13FO2S. The first kappa shape index (κ1) is 12.9. The lowest BCUT2D eigenvalue weighted by atomic mass is 10.0. The summed E-state index contributed by atoms with van der Waals surface area (Å²) in [5, 5.41) is -0.759. The zero-order valence-corrected chi connectivity index (χ0v) is 10.0. The maximum Gasteiger partial charge on any atom is 0.238 e. The van der Waals surface area contributed by atoms with Crippen molar-refractivity contribution >= 4 is 22.7 Å². The molecule has 1 rings (SSSR count). The lowest BCUT2D eigenvalue weighted by molar-refractivity contribution is -0.136. The van der Waals surface area contributed by atoms with Gasteiger partial charge in [0.25, 0.3) is 0 Å². The minimum Gasteiger partial charge on any atom is -0.296 e. The second kappa shape index (κ2) is 5.25. The molecule has 0 aromatic heterocycles. The van der Waals surface area contributed by atoms with Crippen molar-refractivity contribution in [2.75, 3.05) is 0 Å². The molecule has 0 aliphatic rings. The van der Waals surface area contributed by atoms with Gasteiger partial charge in [-0.2, -0.15) is 0 Å². The highest BCUT2D eigenvalue weighted by molar-refractivity contribution is 8.14. The van der Waals surface area contributed by atoms with Crippen LogP contribution in [0.25, 0.3) is 0 Å². The van der Waals surface area contributed by atoms with E-state index in [9.17, 15) is 14.0 Å². The van der Waals surface area contributed by atoms with E-state index < -0.39 is 16.6 Å². The van der Waals surface area contributed by atoms with Gasteiger partial charge in [0.1, 0.15) is 0 Å². The summed E-state index contributed by atoms with van der Waals surface area (Å²) in [5.74, 6) is -0.680. The molecule has 0 saturated heterocycles. The molecule has 0 spiro atoms. The molecule has 0 saturated carbocycles. The summed E-state index contributed by atoms with van der Waals surface area (Å²) < 4.78 is 13.8. The van der Waals surface area contributed by atoms with Gasteiger partial charge >= 0.3 is 0 Å². The van der Waals surface area contributed by atoms with E-state index in [1.165, 1.54) is 0 Å². The van der Waals surface area contributed by atoms with Crippen molar-refractivity contribution in [1.29, 1.82) is 0 Å². The highest BCUT2D eigenvalue weighted by atomic mass is 32.2. The number of ketones is 1. The minimum absolute atomic E-state index is 0.0219. The summed E-state index contributed by atoms with van der Waals surface area (Å²) >= 11 is 0.759. The molecule has 0 bridgehead atoms. The summed E-state index contributed by atoms with van der Waals surface area (Å²) in [6.45, 7) is 2.57. The Kier molecular flexibility index (Phi) is 4.24. The first-order valence-electron chi connectivity index (χ1n) is 4.98. The van der Waals surface area contributed by atoms with Crippen LogP contribution >= 0.6 is 11.8 Å². The van der Waals surface area contributed by atoms with Crippen molar-refractivity contribution in [3.05, 3.63) is 30.3 Å². The van der Waals surface area contributed by atoms with Gasteiger partial charge in [-0.1, -0.05) is 25.1 Å². The second-order valence-corrected chi connectivity index (χ2v) is 4.53. The third-order valence-electron chi connectivity index (χ3n) is 2.18. The number of benzene rings is 1. The van der Waals surface area contributed by atoms with E-state index in [1.807, 2.05) is 0 Å². The molecule has 0 amide bonds. The van der Waals surface area contributed by atoms with Crippen molar-refractivity contribution in [3.8, 4) is 0 Å². The predicted octanol–water partition coefficient (Wildman–Crippen LogP) is 3.01.